The lowest BCUT2D eigenvalue weighted by atomic mass is 10.2. The molecule has 0 aliphatic heterocycles. The van der Waals surface area contributed by atoms with Gasteiger partial charge in [0.1, 0.15) is 11.6 Å². The summed E-state index contributed by atoms with van der Waals surface area (Å²) in [7, 11) is 0. The number of hydrogen-bond acceptors (Lipinski definition) is 2. The molecule has 0 spiro atoms. The Kier molecular flexibility index (Phi) is 2.46. The van der Waals surface area contributed by atoms with E-state index in [1.54, 1.807) is 0 Å². The molecule has 4 heteroatoms. The van der Waals surface area contributed by atoms with Crippen molar-refractivity contribution in [3.05, 3.63) is 28.0 Å². The van der Waals surface area contributed by atoms with Gasteiger partial charge in [-0.2, -0.15) is 0 Å². The second-order valence-electron chi connectivity index (χ2n) is 2.10. The summed E-state index contributed by atoms with van der Waals surface area (Å²) in [6.45, 7) is 0.200. The quantitative estimate of drug-likeness (QED) is 0.757. The highest BCUT2D eigenvalue weighted by atomic mass is 79.9. The minimum atomic E-state index is -0.495. The fraction of sp³-hybridized carbons (Fsp3) is 0.143. The van der Waals surface area contributed by atoms with E-state index in [-0.39, 0.29) is 12.3 Å². The van der Waals surface area contributed by atoms with Crippen LogP contribution in [0.3, 0.4) is 0 Å². The Morgan fingerprint density at radius 3 is 2.73 bits per heavy atom. The van der Waals surface area contributed by atoms with Gasteiger partial charge < -0.3 is 10.8 Å². The standard InChI is InChI=1S/C7H7BrFNO/c8-7-4(3-10)1-5(11)2-6(7)9/h1-2,11H,3,10H2. The van der Waals surface area contributed by atoms with E-state index in [2.05, 4.69) is 15.9 Å². The lowest BCUT2D eigenvalue weighted by Gasteiger charge is -2.02. The minimum absolute atomic E-state index is 0.105. The van der Waals surface area contributed by atoms with Gasteiger partial charge in [0.25, 0.3) is 0 Å². The summed E-state index contributed by atoms with van der Waals surface area (Å²) in [5.41, 5.74) is 5.84. The average molecular weight is 220 g/mol. The summed E-state index contributed by atoms with van der Waals surface area (Å²) in [6, 6.07) is 2.45. The van der Waals surface area contributed by atoms with Crippen molar-refractivity contribution in [2.45, 2.75) is 6.54 Å². The monoisotopic (exact) mass is 219 g/mol. The van der Waals surface area contributed by atoms with Crippen molar-refractivity contribution in [2.75, 3.05) is 0 Å². The van der Waals surface area contributed by atoms with Crippen molar-refractivity contribution in [3.63, 3.8) is 0 Å². The molecule has 0 radical (unpaired) electrons. The lowest BCUT2D eigenvalue weighted by molar-refractivity contribution is 0.467. The van der Waals surface area contributed by atoms with Crippen LogP contribution in [0.1, 0.15) is 5.56 Å². The normalized spacial score (nSPS) is 10.1. The first-order valence-corrected chi connectivity index (χ1v) is 3.81. The van der Waals surface area contributed by atoms with Crippen LogP contribution in [0.15, 0.2) is 16.6 Å². The first kappa shape index (κ1) is 8.49. The Hall–Kier alpha value is -0.610. The number of phenolic OH excluding ortho intramolecular Hbond substituents is 1. The summed E-state index contributed by atoms with van der Waals surface area (Å²) in [4.78, 5) is 0. The van der Waals surface area contributed by atoms with Crippen LogP contribution >= 0.6 is 15.9 Å². The number of benzene rings is 1. The van der Waals surface area contributed by atoms with Crippen molar-refractivity contribution in [2.24, 2.45) is 5.73 Å². The van der Waals surface area contributed by atoms with E-state index in [1.165, 1.54) is 6.07 Å². The molecule has 0 amide bonds. The molecule has 0 heterocycles. The van der Waals surface area contributed by atoms with E-state index in [4.69, 9.17) is 10.8 Å². The van der Waals surface area contributed by atoms with Crippen LogP contribution < -0.4 is 5.73 Å². The predicted molar refractivity (Wildman–Crippen MR) is 43.7 cm³/mol. The molecular weight excluding hydrogens is 213 g/mol. The topological polar surface area (TPSA) is 46.2 Å². The van der Waals surface area contributed by atoms with E-state index in [1.807, 2.05) is 0 Å². The summed E-state index contributed by atoms with van der Waals surface area (Å²) in [5, 5.41) is 8.93. The third-order valence-electron chi connectivity index (χ3n) is 1.31. The molecule has 2 nitrogen and oxygen atoms in total. The molecule has 3 N–H and O–H groups in total. The molecule has 0 aliphatic carbocycles. The molecule has 1 aromatic rings. The zero-order valence-corrected chi connectivity index (χ0v) is 7.23. The van der Waals surface area contributed by atoms with Gasteiger partial charge in [0.2, 0.25) is 0 Å². The average Bonchev–Trinajstić information content (AvgIpc) is 1.96. The number of hydrogen-bond donors (Lipinski definition) is 2. The van der Waals surface area contributed by atoms with E-state index in [0.717, 1.165) is 6.07 Å². The maximum Gasteiger partial charge on any atom is 0.141 e. The largest absolute Gasteiger partial charge is 0.508 e. The summed E-state index contributed by atoms with van der Waals surface area (Å²) >= 11 is 3.01. The molecule has 60 valence electrons. The van der Waals surface area contributed by atoms with Gasteiger partial charge in [-0.05, 0) is 27.6 Å². The number of halogens is 2. The highest BCUT2D eigenvalue weighted by Gasteiger charge is 2.05. The SMILES string of the molecule is NCc1cc(O)cc(F)c1Br. The van der Waals surface area contributed by atoms with Crippen molar-refractivity contribution in [1.29, 1.82) is 0 Å². The molecule has 0 aromatic heterocycles. The number of nitrogens with two attached hydrogens (primary N) is 1. The van der Waals surface area contributed by atoms with Gasteiger partial charge in [-0.3, -0.25) is 0 Å². The molecule has 0 saturated carbocycles. The van der Waals surface area contributed by atoms with Crippen LogP contribution in [-0.4, -0.2) is 5.11 Å². The Bertz CT molecular complexity index is 277. The van der Waals surface area contributed by atoms with E-state index < -0.39 is 5.82 Å². The Morgan fingerprint density at radius 2 is 2.18 bits per heavy atom. The second kappa shape index (κ2) is 3.19. The van der Waals surface area contributed by atoms with Gasteiger partial charge in [0.15, 0.2) is 0 Å². The van der Waals surface area contributed by atoms with Gasteiger partial charge in [0, 0.05) is 12.6 Å². The molecule has 0 fully saturated rings. The van der Waals surface area contributed by atoms with Gasteiger partial charge in [-0.15, -0.1) is 0 Å². The zero-order valence-electron chi connectivity index (χ0n) is 5.64. The molecule has 1 rings (SSSR count). The second-order valence-corrected chi connectivity index (χ2v) is 2.90. The molecule has 0 bridgehead atoms. The molecule has 11 heavy (non-hydrogen) atoms. The van der Waals surface area contributed by atoms with E-state index in [0.29, 0.717) is 10.0 Å². The third kappa shape index (κ3) is 1.70. The maximum absolute atomic E-state index is 12.8. The Morgan fingerprint density at radius 1 is 1.55 bits per heavy atom. The lowest BCUT2D eigenvalue weighted by Crippen LogP contribution is -1.98. The van der Waals surface area contributed by atoms with E-state index >= 15 is 0 Å². The summed E-state index contributed by atoms with van der Waals surface area (Å²) in [5.74, 6) is -0.600. The van der Waals surface area contributed by atoms with Gasteiger partial charge in [-0.1, -0.05) is 0 Å². The Balaban J connectivity index is 3.24. The smallest absolute Gasteiger partial charge is 0.141 e. The van der Waals surface area contributed by atoms with Gasteiger partial charge >= 0.3 is 0 Å². The molecule has 0 unspecified atom stereocenters. The first-order chi connectivity index (χ1) is 5.15. The van der Waals surface area contributed by atoms with Crippen molar-refractivity contribution >= 4 is 15.9 Å². The number of rotatable bonds is 1. The summed E-state index contributed by atoms with van der Waals surface area (Å²) in [6.07, 6.45) is 0. The molecule has 0 saturated heterocycles. The first-order valence-electron chi connectivity index (χ1n) is 3.02. The predicted octanol–water partition coefficient (Wildman–Crippen LogP) is 1.75. The highest BCUT2D eigenvalue weighted by molar-refractivity contribution is 9.10. The maximum atomic E-state index is 12.8. The van der Waals surface area contributed by atoms with Crippen LogP contribution in [0.25, 0.3) is 0 Å². The third-order valence-corrected chi connectivity index (χ3v) is 2.20. The van der Waals surface area contributed by atoms with Crippen LogP contribution in [0, 0.1) is 5.82 Å². The molecular formula is C7H7BrFNO. The van der Waals surface area contributed by atoms with Crippen LogP contribution in [0.5, 0.6) is 5.75 Å². The van der Waals surface area contributed by atoms with E-state index in [9.17, 15) is 4.39 Å². The van der Waals surface area contributed by atoms with Crippen LogP contribution in [0.4, 0.5) is 4.39 Å². The van der Waals surface area contributed by atoms with Crippen molar-refractivity contribution in [1.82, 2.24) is 0 Å². The van der Waals surface area contributed by atoms with Gasteiger partial charge in [-0.25, -0.2) is 4.39 Å². The Labute approximate surface area is 72.0 Å². The van der Waals surface area contributed by atoms with Crippen LogP contribution in [0.2, 0.25) is 0 Å². The fourth-order valence-corrected chi connectivity index (χ4v) is 1.17. The van der Waals surface area contributed by atoms with Gasteiger partial charge in [0.05, 0.1) is 4.47 Å². The summed E-state index contributed by atoms with van der Waals surface area (Å²) < 4.78 is 13.1. The van der Waals surface area contributed by atoms with Crippen molar-refractivity contribution in [3.8, 4) is 5.75 Å². The highest BCUT2D eigenvalue weighted by Crippen LogP contribution is 2.24. The number of aromatic hydroxyl groups is 1. The van der Waals surface area contributed by atoms with Crippen molar-refractivity contribution < 1.29 is 9.50 Å². The minimum Gasteiger partial charge on any atom is -0.508 e. The number of phenols is 1. The zero-order chi connectivity index (χ0) is 8.43. The molecule has 1 aromatic carbocycles. The molecule has 0 aliphatic rings. The van der Waals surface area contributed by atoms with Crippen LogP contribution in [-0.2, 0) is 6.54 Å². The molecule has 0 atom stereocenters. The fourth-order valence-electron chi connectivity index (χ4n) is 0.779.